The number of benzene rings is 2. The smallest absolute Gasteiger partial charge is 0.410 e. The second kappa shape index (κ2) is 19.4. The summed E-state index contributed by atoms with van der Waals surface area (Å²) in [5.41, 5.74) is 3.57. The van der Waals surface area contributed by atoms with Crippen molar-refractivity contribution < 1.29 is 41.3 Å². The Labute approximate surface area is 362 Å². The fourth-order valence-electron chi connectivity index (χ4n) is 9.01. The van der Waals surface area contributed by atoms with Crippen molar-refractivity contribution in [3.8, 4) is 0 Å². The van der Waals surface area contributed by atoms with E-state index >= 15 is 0 Å². The van der Waals surface area contributed by atoms with Gasteiger partial charge in [0.05, 0.1) is 31.7 Å². The van der Waals surface area contributed by atoms with Crippen molar-refractivity contribution in [3.63, 3.8) is 0 Å². The van der Waals surface area contributed by atoms with Gasteiger partial charge in [0.1, 0.15) is 11.2 Å². The number of amides is 4. The minimum Gasteiger partial charge on any atom is -0.444 e. The van der Waals surface area contributed by atoms with E-state index < -0.39 is 33.5 Å². The second-order valence-electron chi connectivity index (χ2n) is 18.9. The standard InChI is InChI=1S/C22H31N3O3.C13H16N2O.C10H19NO5S/c1-22(2,3)28-21(27)24-13-10-18(15-24)23-11-8-17(9-12-23)25-19-7-5-4-6-16(19)14-20(25)26;16-13-9-10-3-1-2-4-12(10)15(13)11-5-7-14-8-6-11;1-10(2,3)15-9(12)11-6-5-8(7-11)16-17(4,13)14/h4-7,17-18H,8-15H2,1-3H3;1-4,11,14H,5-9H2;8H,5-7H2,1-4H3/t18-;;8-/m0.1/s1. The molecule has 16 heteroatoms. The van der Waals surface area contributed by atoms with Gasteiger partial charge < -0.3 is 34.4 Å². The van der Waals surface area contributed by atoms with Gasteiger partial charge in [-0.2, -0.15) is 8.42 Å². The number of ether oxygens (including phenoxy) is 2. The Hall–Kier alpha value is -4.25. The van der Waals surface area contributed by atoms with Crippen molar-refractivity contribution in [2.45, 2.75) is 128 Å². The third-order valence-electron chi connectivity index (χ3n) is 11.7. The minimum atomic E-state index is -3.47. The summed E-state index contributed by atoms with van der Waals surface area (Å²) in [7, 11) is -3.47. The summed E-state index contributed by atoms with van der Waals surface area (Å²) in [6.07, 6.45) is 6.64. The van der Waals surface area contributed by atoms with Gasteiger partial charge in [-0.25, -0.2) is 9.59 Å². The van der Waals surface area contributed by atoms with Gasteiger partial charge >= 0.3 is 12.2 Å². The van der Waals surface area contributed by atoms with Crippen LogP contribution in [0.1, 0.15) is 91.2 Å². The Balaban J connectivity index is 0.000000163. The Morgan fingerprint density at radius 2 is 1.07 bits per heavy atom. The first-order valence-corrected chi connectivity index (χ1v) is 23.6. The van der Waals surface area contributed by atoms with Gasteiger partial charge in [-0.1, -0.05) is 36.4 Å². The summed E-state index contributed by atoms with van der Waals surface area (Å²) in [5.74, 6) is 0.504. The first-order chi connectivity index (χ1) is 28.7. The molecular formula is C45H66N6O9S. The third-order valence-corrected chi connectivity index (χ3v) is 12.3. The second-order valence-corrected chi connectivity index (χ2v) is 20.5. The molecule has 0 aromatic heterocycles. The highest BCUT2D eigenvalue weighted by Gasteiger charge is 2.39. The molecule has 4 fully saturated rings. The van der Waals surface area contributed by atoms with Crippen molar-refractivity contribution in [1.82, 2.24) is 20.0 Å². The summed E-state index contributed by atoms with van der Waals surface area (Å²) in [4.78, 5) is 58.4. The van der Waals surface area contributed by atoms with Crippen LogP contribution in [0, 0.1) is 0 Å². The molecule has 0 aliphatic carbocycles. The molecule has 6 aliphatic heterocycles. The van der Waals surface area contributed by atoms with Crippen LogP contribution in [0.3, 0.4) is 0 Å². The lowest BCUT2D eigenvalue weighted by Gasteiger charge is -2.39. The summed E-state index contributed by atoms with van der Waals surface area (Å²) in [5, 5.41) is 3.34. The predicted molar refractivity (Wildman–Crippen MR) is 234 cm³/mol. The van der Waals surface area contributed by atoms with Crippen LogP contribution in [0.2, 0.25) is 0 Å². The Kier molecular flexibility index (Phi) is 14.7. The van der Waals surface area contributed by atoms with Gasteiger partial charge in [0.25, 0.3) is 10.1 Å². The number of likely N-dealkylation sites (tertiary alicyclic amines) is 3. The maximum Gasteiger partial charge on any atom is 0.410 e. The number of nitrogens with one attached hydrogen (secondary N) is 1. The number of nitrogens with zero attached hydrogens (tertiary/aromatic N) is 5. The molecule has 6 heterocycles. The molecule has 15 nitrogen and oxygen atoms in total. The highest BCUT2D eigenvalue weighted by atomic mass is 32.2. The molecule has 2 aromatic rings. The largest absolute Gasteiger partial charge is 0.444 e. The van der Waals surface area contributed by atoms with Gasteiger partial charge in [-0.15, -0.1) is 0 Å². The zero-order valence-electron chi connectivity index (χ0n) is 37.1. The summed E-state index contributed by atoms with van der Waals surface area (Å²) in [6, 6.07) is 17.4. The number of piperidine rings is 2. The van der Waals surface area contributed by atoms with Crippen LogP contribution in [0.4, 0.5) is 21.0 Å². The van der Waals surface area contributed by atoms with E-state index in [2.05, 4.69) is 34.5 Å². The molecule has 4 saturated heterocycles. The zero-order valence-corrected chi connectivity index (χ0v) is 37.9. The van der Waals surface area contributed by atoms with E-state index in [4.69, 9.17) is 13.7 Å². The summed E-state index contributed by atoms with van der Waals surface area (Å²) in [6.45, 7) is 17.3. The van der Waals surface area contributed by atoms with Crippen molar-refractivity contribution >= 4 is 45.5 Å². The molecule has 0 saturated carbocycles. The predicted octanol–water partition coefficient (Wildman–Crippen LogP) is 5.35. The maximum atomic E-state index is 12.6. The zero-order chi connectivity index (χ0) is 44.1. The first-order valence-electron chi connectivity index (χ1n) is 21.8. The normalized spacial score (nSPS) is 22.6. The maximum absolute atomic E-state index is 12.6. The summed E-state index contributed by atoms with van der Waals surface area (Å²) < 4.78 is 37.4. The number of fused-ring (bicyclic) bond motifs is 2. The van der Waals surface area contributed by atoms with E-state index in [0.29, 0.717) is 37.9 Å². The lowest BCUT2D eigenvalue weighted by atomic mass is 10.0. The number of hydrogen-bond donors (Lipinski definition) is 1. The number of anilines is 2. The molecule has 0 unspecified atom stereocenters. The highest BCUT2D eigenvalue weighted by molar-refractivity contribution is 7.86. The molecule has 4 amide bonds. The van der Waals surface area contributed by atoms with Crippen LogP contribution < -0.4 is 15.1 Å². The number of carbonyl (C=O) groups is 4. The van der Waals surface area contributed by atoms with Crippen molar-refractivity contribution in [2.75, 3.05) is 68.4 Å². The van der Waals surface area contributed by atoms with Crippen molar-refractivity contribution in [1.29, 1.82) is 0 Å². The van der Waals surface area contributed by atoms with Crippen LogP contribution in [0.5, 0.6) is 0 Å². The molecule has 1 N–H and O–H groups in total. The number of rotatable bonds is 5. The monoisotopic (exact) mass is 866 g/mol. The van der Waals surface area contributed by atoms with Crippen LogP contribution in [0.25, 0.3) is 0 Å². The van der Waals surface area contributed by atoms with Gasteiger partial charge in [0.2, 0.25) is 11.8 Å². The molecule has 336 valence electrons. The molecule has 2 aromatic carbocycles. The van der Waals surface area contributed by atoms with E-state index in [1.54, 1.807) is 20.8 Å². The van der Waals surface area contributed by atoms with Crippen LogP contribution in [0.15, 0.2) is 48.5 Å². The Morgan fingerprint density at radius 3 is 1.56 bits per heavy atom. The fraction of sp³-hybridized carbons (Fsp3) is 0.644. The molecule has 8 rings (SSSR count). The number of hydrogen-bond acceptors (Lipinski definition) is 11. The molecule has 0 spiro atoms. The van der Waals surface area contributed by atoms with E-state index in [1.807, 2.05) is 59.7 Å². The highest BCUT2D eigenvalue weighted by Crippen LogP contribution is 2.35. The summed E-state index contributed by atoms with van der Waals surface area (Å²) >= 11 is 0. The van der Waals surface area contributed by atoms with Crippen LogP contribution in [-0.2, 0) is 46.2 Å². The molecule has 2 atom stereocenters. The third kappa shape index (κ3) is 12.7. The lowest BCUT2D eigenvalue weighted by molar-refractivity contribution is -0.118. The van der Waals surface area contributed by atoms with Gasteiger partial charge in [0, 0.05) is 62.2 Å². The number of para-hydroxylation sites is 2. The van der Waals surface area contributed by atoms with Gasteiger partial charge in [-0.3, -0.25) is 18.7 Å². The van der Waals surface area contributed by atoms with E-state index in [-0.39, 0.29) is 30.5 Å². The van der Waals surface area contributed by atoms with Gasteiger partial charge in [-0.05, 0) is 116 Å². The van der Waals surface area contributed by atoms with E-state index in [0.717, 1.165) is 94.6 Å². The quantitative estimate of drug-likeness (QED) is 0.387. The minimum absolute atomic E-state index is 0.204. The molecule has 6 aliphatic rings. The van der Waals surface area contributed by atoms with Crippen molar-refractivity contribution in [2.24, 2.45) is 0 Å². The first kappa shape index (κ1) is 46.3. The molecule has 0 bridgehead atoms. The average Bonchev–Trinajstić information content (AvgIpc) is 3.99. The Bertz CT molecular complexity index is 1990. The van der Waals surface area contributed by atoms with E-state index in [1.165, 1.54) is 10.5 Å². The van der Waals surface area contributed by atoms with Crippen LogP contribution in [-0.4, -0.2) is 141 Å². The fourth-order valence-corrected chi connectivity index (χ4v) is 9.66. The molecular weight excluding hydrogens is 801 g/mol. The Morgan fingerprint density at radius 1 is 0.623 bits per heavy atom. The number of carbonyl (C=O) groups excluding carboxylic acids is 4. The lowest BCUT2D eigenvalue weighted by Crippen LogP contribution is -2.50. The average molecular weight is 867 g/mol. The molecule has 0 radical (unpaired) electrons. The topological polar surface area (TPSA) is 158 Å². The SMILES string of the molecule is CC(C)(C)OC(=O)N1CC[C@@H](OS(C)(=O)=O)C1.CC(C)(C)OC(=O)N1CC[C@H](N2CCC(N3C(=O)Cc4ccccc43)CC2)C1.O=C1Cc2ccccc2N1C1CCNCC1. The molecule has 61 heavy (non-hydrogen) atoms. The van der Waals surface area contributed by atoms with Crippen LogP contribution >= 0.6 is 0 Å². The van der Waals surface area contributed by atoms with Crippen molar-refractivity contribution in [3.05, 3.63) is 59.7 Å². The van der Waals surface area contributed by atoms with E-state index in [9.17, 15) is 27.6 Å². The van der Waals surface area contributed by atoms with Gasteiger partial charge in [0.15, 0.2) is 0 Å².